The summed E-state index contributed by atoms with van der Waals surface area (Å²) in [7, 11) is 0. The third kappa shape index (κ3) is 2.69. The lowest BCUT2D eigenvalue weighted by molar-refractivity contribution is -0.156. The Bertz CT molecular complexity index is 412. The number of rotatable bonds is 3. The summed E-state index contributed by atoms with van der Waals surface area (Å²) in [5, 5.41) is 18.3. The first-order valence-corrected chi connectivity index (χ1v) is 6.06. The number of carbonyl (C=O) groups excluding carboxylic acids is 2. The SMILES string of the molecule is NC(=O)C1CC(O)CN1C(=O)C1CCC(C(=O)O)O1. The van der Waals surface area contributed by atoms with E-state index in [0.29, 0.717) is 0 Å². The number of carbonyl (C=O) groups is 3. The lowest BCUT2D eigenvalue weighted by Crippen LogP contribution is -2.48. The molecule has 19 heavy (non-hydrogen) atoms. The maximum Gasteiger partial charge on any atom is 0.332 e. The molecule has 8 nitrogen and oxygen atoms in total. The van der Waals surface area contributed by atoms with Gasteiger partial charge < -0.3 is 25.6 Å². The summed E-state index contributed by atoms with van der Waals surface area (Å²) in [4.78, 5) is 35.3. The minimum Gasteiger partial charge on any atom is -0.479 e. The highest BCUT2D eigenvalue weighted by Crippen LogP contribution is 2.25. The zero-order valence-electron chi connectivity index (χ0n) is 10.2. The minimum atomic E-state index is -1.11. The molecule has 0 aromatic carbocycles. The van der Waals surface area contributed by atoms with E-state index in [-0.39, 0.29) is 25.8 Å². The summed E-state index contributed by atoms with van der Waals surface area (Å²) in [6, 6.07) is -0.852. The van der Waals surface area contributed by atoms with Gasteiger partial charge in [0.05, 0.1) is 6.10 Å². The summed E-state index contributed by atoms with van der Waals surface area (Å²) in [5.74, 6) is -2.27. The van der Waals surface area contributed by atoms with E-state index in [1.54, 1.807) is 0 Å². The van der Waals surface area contributed by atoms with Gasteiger partial charge >= 0.3 is 5.97 Å². The van der Waals surface area contributed by atoms with Crippen LogP contribution in [0.2, 0.25) is 0 Å². The quantitative estimate of drug-likeness (QED) is 0.548. The van der Waals surface area contributed by atoms with Crippen molar-refractivity contribution < 1.29 is 29.3 Å². The van der Waals surface area contributed by atoms with Crippen LogP contribution in [0.4, 0.5) is 0 Å². The van der Waals surface area contributed by atoms with Crippen LogP contribution >= 0.6 is 0 Å². The third-order valence-corrected chi connectivity index (χ3v) is 3.46. The number of hydrogen-bond acceptors (Lipinski definition) is 5. The van der Waals surface area contributed by atoms with Crippen molar-refractivity contribution in [1.29, 1.82) is 0 Å². The largest absolute Gasteiger partial charge is 0.479 e. The second kappa shape index (κ2) is 5.14. The normalized spacial score (nSPS) is 34.5. The number of nitrogens with zero attached hydrogens (tertiary/aromatic N) is 1. The van der Waals surface area contributed by atoms with Gasteiger partial charge in [0, 0.05) is 13.0 Å². The molecule has 0 aromatic heterocycles. The molecule has 2 rings (SSSR count). The van der Waals surface area contributed by atoms with Crippen LogP contribution in [0.1, 0.15) is 19.3 Å². The van der Waals surface area contributed by atoms with Crippen molar-refractivity contribution in [2.24, 2.45) is 5.73 Å². The zero-order valence-corrected chi connectivity index (χ0v) is 10.2. The Labute approximate surface area is 109 Å². The molecule has 106 valence electrons. The van der Waals surface area contributed by atoms with Gasteiger partial charge in [0.25, 0.3) is 5.91 Å². The fourth-order valence-corrected chi connectivity index (χ4v) is 2.51. The van der Waals surface area contributed by atoms with Crippen molar-refractivity contribution in [2.45, 2.75) is 43.6 Å². The van der Waals surface area contributed by atoms with Gasteiger partial charge in [0.1, 0.15) is 12.1 Å². The molecule has 0 spiro atoms. The minimum absolute atomic E-state index is 0.0179. The molecule has 0 bridgehead atoms. The Kier molecular flexibility index (Phi) is 3.72. The van der Waals surface area contributed by atoms with Crippen molar-refractivity contribution in [3.8, 4) is 0 Å². The number of aliphatic hydroxyl groups excluding tert-OH is 1. The van der Waals surface area contributed by atoms with Crippen molar-refractivity contribution in [3.63, 3.8) is 0 Å². The Balaban J connectivity index is 2.03. The van der Waals surface area contributed by atoms with E-state index in [1.807, 2.05) is 0 Å². The van der Waals surface area contributed by atoms with E-state index < -0.39 is 42.1 Å². The van der Waals surface area contributed by atoms with Gasteiger partial charge in [0.15, 0.2) is 6.10 Å². The van der Waals surface area contributed by atoms with Crippen LogP contribution in [0, 0.1) is 0 Å². The Morgan fingerprint density at radius 2 is 1.84 bits per heavy atom. The Morgan fingerprint density at radius 1 is 1.21 bits per heavy atom. The Hall–Kier alpha value is -1.67. The molecular formula is C11H16N2O6. The highest BCUT2D eigenvalue weighted by molar-refractivity contribution is 5.89. The third-order valence-electron chi connectivity index (χ3n) is 3.46. The van der Waals surface area contributed by atoms with Crippen LogP contribution in [0.3, 0.4) is 0 Å². The number of hydrogen-bond donors (Lipinski definition) is 3. The maximum absolute atomic E-state index is 12.2. The first-order valence-electron chi connectivity index (χ1n) is 6.06. The number of ether oxygens (including phenoxy) is 1. The van der Waals surface area contributed by atoms with Crippen molar-refractivity contribution in [3.05, 3.63) is 0 Å². The molecule has 0 aliphatic carbocycles. The van der Waals surface area contributed by atoms with Crippen molar-refractivity contribution in [2.75, 3.05) is 6.54 Å². The smallest absolute Gasteiger partial charge is 0.332 e. The van der Waals surface area contributed by atoms with Gasteiger partial charge in [-0.2, -0.15) is 0 Å². The van der Waals surface area contributed by atoms with E-state index >= 15 is 0 Å². The summed E-state index contributed by atoms with van der Waals surface area (Å²) < 4.78 is 5.14. The predicted octanol–water partition coefficient (Wildman–Crippen LogP) is -1.93. The number of aliphatic carboxylic acids is 1. The monoisotopic (exact) mass is 272 g/mol. The van der Waals surface area contributed by atoms with E-state index in [1.165, 1.54) is 4.90 Å². The fourth-order valence-electron chi connectivity index (χ4n) is 2.51. The number of carboxylic acids is 1. The predicted molar refractivity (Wildman–Crippen MR) is 60.9 cm³/mol. The topological polar surface area (TPSA) is 130 Å². The van der Waals surface area contributed by atoms with Crippen LogP contribution in [-0.4, -0.2) is 63.8 Å². The van der Waals surface area contributed by atoms with Crippen molar-refractivity contribution >= 4 is 17.8 Å². The number of aliphatic hydroxyl groups is 1. The van der Waals surface area contributed by atoms with Crippen LogP contribution in [-0.2, 0) is 19.1 Å². The van der Waals surface area contributed by atoms with Crippen LogP contribution < -0.4 is 5.73 Å². The standard InChI is InChI=1S/C11H16N2O6/c12-9(15)6-3-5(14)4-13(6)10(16)7-1-2-8(19-7)11(17)18/h5-8,14H,1-4H2,(H2,12,15)(H,17,18). The average Bonchev–Trinajstić information content (AvgIpc) is 2.94. The van der Waals surface area contributed by atoms with Gasteiger partial charge in [0.2, 0.25) is 5.91 Å². The second-order valence-electron chi connectivity index (χ2n) is 4.83. The first kappa shape index (κ1) is 13.8. The number of β-amino-alcohol motifs (C(OH)–C–C–N with tert-alkyl or cyclic N) is 1. The van der Waals surface area contributed by atoms with Crippen LogP contribution in [0.15, 0.2) is 0 Å². The molecule has 0 radical (unpaired) electrons. The van der Waals surface area contributed by atoms with Gasteiger partial charge in [-0.1, -0.05) is 0 Å². The van der Waals surface area contributed by atoms with E-state index in [0.717, 1.165) is 0 Å². The Morgan fingerprint density at radius 3 is 2.37 bits per heavy atom. The molecule has 8 heteroatoms. The summed E-state index contributed by atoms with van der Waals surface area (Å²) in [6.07, 6.45) is -2.02. The molecule has 0 saturated carbocycles. The molecule has 4 atom stereocenters. The zero-order chi connectivity index (χ0) is 14.2. The average molecular weight is 272 g/mol. The molecule has 2 aliphatic heterocycles. The maximum atomic E-state index is 12.2. The van der Waals surface area contributed by atoms with E-state index in [9.17, 15) is 19.5 Å². The molecule has 2 fully saturated rings. The van der Waals surface area contributed by atoms with Crippen LogP contribution in [0.5, 0.6) is 0 Å². The molecule has 4 N–H and O–H groups in total. The molecule has 2 heterocycles. The van der Waals surface area contributed by atoms with Gasteiger partial charge in [-0.3, -0.25) is 9.59 Å². The fraction of sp³-hybridized carbons (Fsp3) is 0.727. The lowest BCUT2D eigenvalue weighted by Gasteiger charge is -2.24. The molecule has 2 aliphatic rings. The van der Waals surface area contributed by atoms with Gasteiger partial charge in [-0.05, 0) is 12.8 Å². The summed E-state index contributed by atoms with van der Waals surface area (Å²) in [5.41, 5.74) is 5.18. The number of amides is 2. The molecular weight excluding hydrogens is 256 g/mol. The number of carboxylic acid groups (broad SMARTS) is 1. The van der Waals surface area contributed by atoms with E-state index in [2.05, 4.69) is 0 Å². The number of likely N-dealkylation sites (tertiary alicyclic amines) is 1. The van der Waals surface area contributed by atoms with Gasteiger partial charge in [-0.25, -0.2) is 4.79 Å². The van der Waals surface area contributed by atoms with Crippen molar-refractivity contribution in [1.82, 2.24) is 4.90 Å². The summed E-state index contributed by atoms with van der Waals surface area (Å²) >= 11 is 0. The first-order chi connectivity index (χ1) is 8.90. The van der Waals surface area contributed by atoms with Crippen LogP contribution in [0.25, 0.3) is 0 Å². The molecule has 2 saturated heterocycles. The molecule has 2 amide bonds. The summed E-state index contributed by atoms with van der Waals surface area (Å²) in [6.45, 7) is 0.0179. The van der Waals surface area contributed by atoms with E-state index in [4.69, 9.17) is 15.6 Å². The highest BCUT2D eigenvalue weighted by Gasteiger charge is 2.43. The molecule has 0 aromatic rings. The molecule has 4 unspecified atom stereocenters. The highest BCUT2D eigenvalue weighted by atomic mass is 16.5. The number of primary amides is 1. The second-order valence-corrected chi connectivity index (χ2v) is 4.83. The number of nitrogens with two attached hydrogens (primary N) is 1. The lowest BCUT2D eigenvalue weighted by atomic mass is 10.1. The van der Waals surface area contributed by atoms with Gasteiger partial charge in [-0.15, -0.1) is 0 Å².